The number of aryl methyl sites for hydroxylation is 1. The van der Waals surface area contributed by atoms with Crippen molar-refractivity contribution in [2.24, 2.45) is 0 Å². The highest BCUT2D eigenvalue weighted by atomic mass is 79.9. The molecule has 0 spiro atoms. The number of hydrogen-bond donors (Lipinski definition) is 1. The average Bonchev–Trinajstić information content (AvgIpc) is 3.32. The molecule has 7 heteroatoms. The number of ether oxygens (including phenoxy) is 1. The first-order valence-corrected chi connectivity index (χ1v) is 13.0. The van der Waals surface area contributed by atoms with Crippen molar-refractivity contribution in [1.82, 2.24) is 10.2 Å². The molecule has 1 atom stereocenters. The zero-order chi connectivity index (χ0) is 22.4. The van der Waals surface area contributed by atoms with Gasteiger partial charge in [0.1, 0.15) is 12.4 Å². The van der Waals surface area contributed by atoms with E-state index in [2.05, 4.69) is 73.4 Å². The molecule has 2 heterocycles. The lowest BCUT2D eigenvalue weighted by Gasteiger charge is -2.21. The van der Waals surface area contributed by atoms with Crippen molar-refractivity contribution in [2.45, 2.75) is 53.0 Å². The predicted octanol–water partition coefficient (Wildman–Crippen LogP) is 6.45. The molecular weight excluding hydrogens is 528 g/mol. The van der Waals surface area contributed by atoms with Crippen LogP contribution in [0.3, 0.4) is 0 Å². The fourth-order valence-electron chi connectivity index (χ4n) is 3.10. The topological polar surface area (TPSA) is 41.6 Å². The number of carbonyl (C=O) groups is 1. The largest absolute Gasteiger partial charge is 0.491 e. The quantitative estimate of drug-likeness (QED) is 0.297. The van der Waals surface area contributed by atoms with Gasteiger partial charge in [-0.1, -0.05) is 19.9 Å². The summed E-state index contributed by atoms with van der Waals surface area (Å²) in [6, 6.07) is 8.88. The van der Waals surface area contributed by atoms with E-state index in [1.807, 2.05) is 26.0 Å². The van der Waals surface area contributed by atoms with Crippen LogP contribution in [0.25, 0.3) is 0 Å². The van der Waals surface area contributed by atoms with E-state index in [0.717, 1.165) is 36.2 Å². The third kappa shape index (κ3) is 10.4. The molecule has 1 N–H and O–H groups in total. The van der Waals surface area contributed by atoms with Gasteiger partial charge in [-0.15, -0.1) is 11.3 Å². The molecule has 1 unspecified atom stereocenters. The SMILES string of the molecule is CC.CC1CCCN1CCOc1ccc(CCNC=O)cc1Br.Cc1cc(Br)cs1. The van der Waals surface area contributed by atoms with Crippen LogP contribution < -0.4 is 10.1 Å². The Bertz CT molecular complexity index is 723. The Balaban J connectivity index is 0.000000418. The number of benzene rings is 1. The maximum Gasteiger partial charge on any atom is 0.207 e. The molecule has 1 saturated heterocycles. The fourth-order valence-corrected chi connectivity index (χ4v) is 4.98. The lowest BCUT2D eigenvalue weighted by Crippen LogP contribution is -2.31. The first-order valence-electron chi connectivity index (χ1n) is 10.5. The summed E-state index contributed by atoms with van der Waals surface area (Å²) >= 11 is 8.65. The van der Waals surface area contributed by atoms with Crippen molar-refractivity contribution in [1.29, 1.82) is 0 Å². The van der Waals surface area contributed by atoms with Gasteiger partial charge in [0.15, 0.2) is 0 Å². The van der Waals surface area contributed by atoms with Crippen LogP contribution in [-0.4, -0.2) is 43.6 Å². The Morgan fingerprint density at radius 2 is 2.07 bits per heavy atom. The van der Waals surface area contributed by atoms with E-state index in [1.54, 1.807) is 11.3 Å². The molecule has 1 amide bonds. The number of thiophene rings is 1. The van der Waals surface area contributed by atoms with Crippen LogP contribution >= 0.6 is 43.2 Å². The van der Waals surface area contributed by atoms with E-state index < -0.39 is 0 Å². The molecule has 1 aliphatic rings. The number of nitrogens with zero attached hydrogens (tertiary/aromatic N) is 1. The van der Waals surface area contributed by atoms with Gasteiger partial charge in [0.25, 0.3) is 0 Å². The zero-order valence-corrected chi connectivity index (χ0v) is 22.4. The van der Waals surface area contributed by atoms with Gasteiger partial charge in [-0.25, -0.2) is 0 Å². The number of carbonyl (C=O) groups excluding carboxylic acids is 1. The smallest absolute Gasteiger partial charge is 0.207 e. The normalized spacial score (nSPS) is 15.5. The summed E-state index contributed by atoms with van der Waals surface area (Å²) in [7, 11) is 0. The van der Waals surface area contributed by atoms with Gasteiger partial charge in [0.05, 0.1) is 4.47 Å². The molecule has 0 aliphatic carbocycles. The maximum absolute atomic E-state index is 10.2. The van der Waals surface area contributed by atoms with Crippen molar-refractivity contribution in [3.05, 3.63) is 49.0 Å². The molecule has 1 aromatic carbocycles. The van der Waals surface area contributed by atoms with E-state index in [4.69, 9.17) is 4.74 Å². The third-order valence-corrected chi connectivity index (χ3v) is 6.90. The fraction of sp³-hybridized carbons (Fsp3) is 0.522. The van der Waals surface area contributed by atoms with E-state index >= 15 is 0 Å². The van der Waals surface area contributed by atoms with Crippen LogP contribution in [0, 0.1) is 6.92 Å². The van der Waals surface area contributed by atoms with Crippen LogP contribution in [0.4, 0.5) is 0 Å². The molecule has 1 fully saturated rings. The second-order valence-electron chi connectivity index (χ2n) is 6.84. The van der Waals surface area contributed by atoms with Crippen LogP contribution in [0.5, 0.6) is 5.75 Å². The Morgan fingerprint density at radius 1 is 1.30 bits per heavy atom. The van der Waals surface area contributed by atoms with Crippen molar-refractivity contribution in [3.8, 4) is 5.75 Å². The molecule has 168 valence electrons. The van der Waals surface area contributed by atoms with Gasteiger partial charge in [0.2, 0.25) is 6.41 Å². The van der Waals surface area contributed by atoms with Crippen molar-refractivity contribution in [2.75, 3.05) is 26.2 Å². The molecule has 2 aromatic rings. The molecule has 0 saturated carbocycles. The summed E-state index contributed by atoms with van der Waals surface area (Å²) in [6.45, 7) is 11.9. The van der Waals surface area contributed by atoms with Gasteiger partial charge >= 0.3 is 0 Å². The van der Waals surface area contributed by atoms with Crippen molar-refractivity contribution < 1.29 is 9.53 Å². The number of hydrogen-bond acceptors (Lipinski definition) is 4. The zero-order valence-electron chi connectivity index (χ0n) is 18.4. The molecule has 0 bridgehead atoms. The second kappa shape index (κ2) is 15.8. The number of likely N-dealkylation sites (tertiary alicyclic amines) is 1. The Kier molecular flexibility index (Phi) is 14.3. The number of halogens is 2. The summed E-state index contributed by atoms with van der Waals surface area (Å²) in [5.41, 5.74) is 1.18. The summed E-state index contributed by atoms with van der Waals surface area (Å²) in [5, 5.41) is 4.75. The molecule has 4 nitrogen and oxygen atoms in total. The second-order valence-corrected chi connectivity index (χ2v) is 9.72. The predicted molar refractivity (Wildman–Crippen MR) is 136 cm³/mol. The van der Waals surface area contributed by atoms with Gasteiger partial charge in [-0.2, -0.15) is 0 Å². The van der Waals surface area contributed by atoms with E-state index in [0.29, 0.717) is 12.6 Å². The van der Waals surface area contributed by atoms with Crippen LogP contribution in [0.2, 0.25) is 0 Å². The number of nitrogens with one attached hydrogen (secondary N) is 1. The highest BCUT2D eigenvalue weighted by Gasteiger charge is 2.19. The van der Waals surface area contributed by atoms with E-state index in [1.165, 1.54) is 34.3 Å². The summed E-state index contributed by atoms with van der Waals surface area (Å²) < 4.78 is 8.03. The van der Waals surface area contributed by atoms with Crippen LogP contribution in [0.15, 0.2) is 38.6 Å². The molecular formula is C23H34Br2N2O2S. The molecule has 0 radical (unpaired) electrons. The molecule has 1 aromatic heterocycles. The first-order chi connectivity index (χ1) is 14.5. The highest BCUT2D eigenvalue weighted by Crippen LogP contribution is 2.26. The highest BCUT2D eigenvalue weighted by molar-refractivity contribution is 9.10. The van der Waals surface area contributed by atoms with Crippen LogP contribution in [0.1, 0.15) is 44.1 Å². The van der Waals surface area contributed by atoms with Gasteiger partial charge in [-0.3, -0.25) is 9.69 Å². The van der Waals surface area contributed by atoms with Crippen LogP contribution in [-0.2, 0) is 11.2 Å². The lowest BCUT2D eigenvalue weighted by molar-refractivity contribution is -0.109. The summed E-state index contributed by atoms with van der Waals surface area (Å²) in [4.78, 5) is 14.1. The van der Waals surface area contributed by atoms with Crippen molar-refractivity contribution in [3.63, 3.8) is 0 Å². The number of amides is 1. The Morgan fingerprint density at radius 3 is 2.57 bits per heavy atom. The minimum atomic E-state index is 0.656. The number of rotatable bonds is 8. The van der Waals surface area contributed by atoms with E-state index in [9.17, 15) is 4.79 Å². The Labute approximate surface area is 202 Å². The van der Waals surface area contributed by atoms with Crippen molar-refractivity contribution >= 4 is 49.6 Å². The minimum absolute atomic E-state index is 0.656. The molecule has 1 aliphatic heterocycles. The minimum Gasteiger partial charge on any atom is -0.491 e. The Hall–Kier alpha value is -0.890. The standard InChI is InChI=1S/C16H23BrN2O2.C5H5BrS.C2H6/c1-13-3-2-8-19(13)9-10-21-16-5-4-14(11-15(16)17)6-7-18-12-20;1-4-2-5(6)3-7-4;1-2/h4-5,11-13H,2-3,6-10H2,1H3,(H,18,20);2-3H,1H3;1-2H3. The van der Waals surface area contributed by atoms with E-state index in [-0.39, 0.29) is 0 Å². The van der Waals surface area contributed by atoms with Gasteiger partial charge in [-0.05, 0) is 95.3 Å². The lowest BCUT2D eigenvalue weighted by atomic mass is 10.1. The van der Waals surface area contributed by atoms with Gasteiger partial charge in [0, 0.05) is 33.9 Å². The monoisotopic (exact) mass is 560 g/mol. The summed E-state index contributed by atoms with van der Waals surface area (Å²) in [5.74, 6) is 0.883. The average molecular weight is 562 g/mol. The molecule has 3 rings (SSSR count). The first kappa shape index (κ1) is 27.1. The van der Waals surface area contributed by atoms with Gasteiger partial charge < -0.3 is 10.1 Å². The third-order valence-electron chi connectivity index (χ3n) is 4.66. The maximum atomic E-state index is 10.2. The summed E-state index contributed by atoms with van der Waals surface area (Å²) in [6.07, 6.45) is 4.15. The molecule has 30 heavy (non-hydrogen) atoms.